The highest BCUT2D eigenvalue weighted by Gasteiger charge is 2.23. The summed E-state index contributed by atoms with van der Waals surface area (Å²) in [4.78, 5) is 25.2. The maximum absolute atomic E-state index is 12.4. The average Bonchev–Trinajstić information content (AvgIpc) is 2.70. The summed E-state index contributed by atoms with van der Waals surface area (Å²) < 4.78 is 5.57. The first-order valence-corrected chi connectivity index (χ1v) is 9.46. The number of likely N-dealkylation sites (tertiary alicyclic amines) is 1. The third-order valence-electron chi connectivity index (χ3n) is 4.70. The number of amides is 1. The van der Waals surface area contributed by atoms with Crippen LogP contribution in [0.5, 0.6) is 0 Å². The van der Waals surface area contributed by atoms with Crippen LogP contribution in [0.15, 0.2) is 60.8 Å². The van der Waals surface area contributed by atoms with Crippen molar-refractivity contribution in [2.45, 2.75) is 32.3 Å². The molecular weight excluding hydrogens is 356 g/mol. The van der Waals surface area contributed by atoms with Crippen molar-refractivity contribution in [3.8, 4) is 0 Å². The molecule has 28 heavy (non-hydrogen) atoms. The zero-order valence-corrected chi connectivity index (χ0v) is 16.3. The number of benzene rings is 1. The van der Waals surface area contributed by atoms with Crippen molar-refractivity contribution in [1.29, 1.82) is 0 Å². The molecule has 1 aliphatic rings. The third kappa shape index (κ3) is 7.04. The molecule has 1 heterocycles. The minimum Gasteiger partial charge on any atom is -0.481 e. The summed E-state index contributed by atoms with van der Waals surface area (Å²) in [7, 11) is 0. The third-order valence-corrected chi connectivity index (χ3v) is 4.70. The lowest BCUT2D eigenvalue weighted by atomic mass is 10.1. The summed E-state index contributed by atoms with van der Waals surface area (Å²) >= 11 is 0. The van der Waals surface area contributed by atoms with Crippen LogP contribution >= 0.6 is 0 Å². The maximum atomic E-state index is 12.4. The molecule has 2 N–H and O–H groups in total. The summed E-state index contributed by atoms with van der Waals surface area (Å²) in [5.74, 6) is -0.793. The fourth-order valence-electron chi connectivity index (χ4n) is 3.06. The van der Waals surface area contributed by atoms with Gasteiger partial charge in [0.15, 0.2) is 0 Å². The predicted octanol–water partition coefficient (Wildman–Crippen LogP) is 3.83. The van der Waals surface area contributed by atoms with E-state index in [9.17, 15) is 9.59 Å². The first kappa shape index (κ1) is 21.4. The van der Waals surface area contributed by atoms with Gasteiger partial charge in [-0.2, -0.15) is 0 Å². The molecule has 6 heteroatoms. The molecule has 1 aliphatic heterocycles. The molecule has 1 amide bonds. The van der Waals surface area contributed by atoms with Gasteiger partial charge in [-0.05, 0) is 37.0 Å². The van der Waals surface area contributed by atoms with Gasteiger partial charge in [-0.25, -0.2) is 4.79 Å². The zero-order chi connectivity index (χ0) is 20.4. The number of nitrogens with one attached hydrogen (secondary N) is 1. The van der Waals surface area contributed by atoms with Crippen LogP contribution in [-0.4, -0.2) is 47.8 Å². The molecule has 0 radical (unpaired) electrons. The number of nitrogens with zero attached hydrogens (tertiary/aromatic N) is 1. The Hall–Kier alpha value is -2.86. The van der Waals surface area contributed by atoms with E-state index < -0.39 is 12.1 Å². The Morgan fingerprint density at radius 2 is 1.96 bits per heavy atom. The molecule has 150 valence electrons. The number of carbonyl (C=O) groups is 2. The number of hydrogen-bond donors (Lipinski definition) is 2. The van der Waals surface area contributed by atoms with Gasteiger partial charge in [-0.3, -0.25) is 10.1 Å². The minimum atomic E-state index is -0.793. The Bertz CT molecular complexity index is 732. The van der Waals surface area contributed by atoms with E-state index >= 15 is 0 Å². The van der Waals surface area contributed by atoms with Gasteiger partial charge < -0.3 is 14.7 Å². The van der Waals surface area contributed by atoms with Gasteiger partial charge >= 0.3 is 12.1 Å². The summed E-state index contributed by atoms with van der Waals surface area (Å²) in [5.41, 5.74) is 2.60. The fraction of sp³-hybridized carbons (Fsp3) is 0.364. The quantitative estimate of drug-likeness (QED) is 0.666. The van der Waals surface area contributed by atoms with Crippen LogP contribution < -0.4 is 5.32 Å². The number of carbonyl (C=O) groups excluding carboxylic acids is 1. The zero-order valence-electron chi connectivity index (χ0n) is 16.3. The van der Waals surface area contributed by atoms with E-state index in [1.165, 1.54) is 0 Å². The van der Waals surface area contributed by atoms with Crippen LogP contribution in [0.2, 0.25) is 0 Å². The topological polar surface area (TPSA) is 78.9 Å². The molecule has 6 nitrogen and oxygen atoms in total. The monoisotopic (exact) mass is 384 g/mol. The first-order valence-electron chi connectivity index (χ1n) is 9.46. The number of alkyl carbamates (subject to hydrolysis) is 1. The number of carboxylic acids is 1. The van der Waals surface area contributed by atoms with E-state index in [4.69, 9.17) is 9.84 Å². The van der Waals surface area contributed by atoms with E-state index in [1.807, 2.05) is 37.3 Å². The van der Waals surface area contributed by atoms with Gasteiger partial charge in [0.2, 0.25) is 0 Å². The molecule has 0 bridgehead atoms. The van der Waals surface area contributed by atoms with Gasteiger partial charge in [-0.15, -0.1) is 0 Å². The summed E-state index contributed by atoms with van der Waals surface area (Å²) in [5, 5.41) is 11.6. The molecule has 2 rings (SSSR count). The highest BCUT2D eigenvalue weighted by molar-refractivity contribution is 5.77. The van der Waals surface area contributed by atoms with Crippen molar-refractivity contribution < 1.29 is 19.4 Å². The van der Waals surface area contributed by atoms with Crippen molar-refractivity contribution in [2.24, 2.45) is 0 Å². The van der Waals surface area contributed by atoms with Gasteiger partial charge in [0.05, 0.1) is 6.42 Å². The lowest BCUT2D eigenvalue weighted by Crippen LogP contribution is -2.40. The van der Waals surface area contributed by atoms with Crippen molar-refractivity contribution in [2.75, 3.05) is 19.6 Å². The maximum Gasteiger partial charge on any atom is 0.411 e. The van der Waals surface area contributed by atoms with E-state index in [0.29, 0.717) is 25.1 Å². The molecule has 0 saturated carbocycles. The van der Waals surface area contributed by atoms with Gasteiger partial charge in [0.25, 0.3) is 0 Å². The molecule has 1 saturated heterocycles. The van der Waals surface area contributed by atoms with Crippen LogP contribution in [0.4, 0.5) is 4.79 Å². The second-order valence-electron chi connectivity index (χ2n) is 6.71. The molecular formula is C22H28N2O4. The van der Waals surface area contributed by atoms with E-state index in [0.717, 1.165) is 24.2 Å². The Morgan fingerprint density at radius 3 is 2.57 bits per heavy atom. The molecule has 0 aliphatic carbocycles. The number of rotatable bonds is 8. The standard InChI is InChI=1S/C22H28N2O4/c1-3-4-10-20(17(2)18-8-6-5-7-9-18)23-22(27)28-19-11-14-24(15-12-19)16-13-21(25)26/h3-10,19H,1,11-16H2,2H3,(H,23,27)(H,25,26)/b10-4-,20-17-. The van der Waals surface area contributed by atoms with Crippen LogP contribution in [0.25, 0.3) is 5.57 Å². The van der Waals surface area contributed by atoms with Crippen LogP contribution in [0.1, 0.15) is 31.7 Å². The van der Waals surface area contributed by atoms with Crippen LogP contribution in [0.3, 0.4) is 0 Å². The Labute approximate surface area is 166 Å². The van der Waals surface area contributed by atoms with E-state index in [2.05, 4.69) is 16.8 Å². The Morgan fingerprint density at radius 1 is 1.29 bits per heavy atom. The summed E-state index contributed by atoms with van der Waals surface area (Å²) in [6.45, 7) is 7.61. The largest absolute Gasteiger partial charge is 0.481 e. The number of ether oxygens (including phenoxy) is 1. The van der Waals surface area contributed by atoms with E-state index in [-0.39, 0.29) is 12.5 Å². The van der Waals surface area contributed by atoms with Crippen molar-refractivity contribution in [1.82, 2.24) is 10.2 Å². The first-order chi connectivity index (χ1) is 13.5. The molecule has 1 aromatic rings. The Balaban J connectivity index is 1.93. The smallest absolute Gasteiger partial charge is 0.411 e. The molecule has 0 spiro atoms. The summed E-state index contributed by atoms with van der Waals surface area (Å²) in [6.07, 6.45) is 6.10. The highest BCUT2D eigenvalue weighted by Crippen LogP contribution is 2.19. The van der Waals surface area contributed by atoms with Crippen molar-refractivity contribution in [3.05, 3.63) is 66.4 Å². The Kier molecular flexibility index (Phi) is 8.49. The second kappa shape index (κ2) is 11.1. The SMILES string of the molecule is C=C/C=C\C(NC(=O)OC1CCN(CCC(=O)O)CC1)=C(/C)c1ccccc1. The number of allylic oxidation sites excluding steroid dienone is 4. The normalized spacial score (nSPS) is 16.5. The van der Waals surface area contributed by atoms with Gasteiger partial charge in [0, 0.05) is 25.3 Å². The second-order valence-corrected chi connectivity index (χ2v) is 6.71. The number of piperidine rings is 1. The van der Waals surface area contributed by atoms with Crippen LogP contribution in [-0.2, 0) is 9.53 Å². The lowest BCUT2D eigenvalue weighted by molar-refractivity contribution is -0.137. The fourth-order valence-corrected chi connectivity index (χ4v) is 3.06. The number of carboxylic acid groups (broad SMARTS) is 1. The highest BCUT2D eigenvalue weighted by atomic mass is 16.6. The van der Waals surface area contributed by atoms with Gasteiger partial charge in [-0.1, -0.05) is 49.1 Å². The van der Waals surface area contributed by atoms with Crippen molar-refractivity contribution >= 4 is 17.6 Å². The van der Waals surface area contributed by atoms with Crippen LogP contribution in [0, 0.1) is 0 Å². The number of hydrogen-bond acceptors (Lipinski definition) is 4. The molecule has 0 aromatic heterocycles. The van der Waals surface area contributed by atoms with Crippen molar-refractivity contribution in [3.63, 3.8) is 0 Å². The minimum absolute atomic E-state index is 0.133. The predicted molar refractivity (Wildman–Crippen MR) is 110 cm³/mol. The number of aliphatic carboxylic acids is 1. The molecule has 1 fully saturated rings. The van der Waals surface area contributed by atoms with E-state index in [1.54, 1.807) is 18.2 Å². The lowest BCUT2D eigenvalue weighted by Gasteiger charge is -2.31. The average molecular weight is 384 g/mol. The molecule has 0 unspecified atom stereocenters. The molecule has 0 atom stereocenters. The summed E-state index contributed by atoms with van der Waals surface area (Å²) in [6, 6.07) is 9.81. The van der Waals surface area contributed by atoms with Gasteiger partial charge in [0.1, 0.15) is 6.10 Å². The molecule has 1 aromatic carbocycles.